The second kappa shape index (κ2) is 2.80. The molecule has 0 heterocycles. The molecule has 3 unspecified atom stereocenters. The Morgan fingerprint density at radius 3 is 2.44 bits per heavy atom. The highest BCUT2D eigenvalue weighted by molar-refractivity contribution is 7.84. The summed E-state index contributed by atoms with van der Waals surface area (Å²) in [5.74, 6) is 0. The van der Waals surface area contributed by atoms with Gasteiger partial charge in [0.1, 0.15) is 0 Å². The number of hydrogen-bond donors (Lipinski definition) is 1. The molecule has 1 fully saturated rings. The van der Waals surface area contributed by atoms with E-state index in [1.54, 1.807) is 6.26 Å². The summed E-state index contributed by atoms with van der Waals surface area (Å²) in [6.45, 7) is 0. The van der Waals surface area contributed by atoms with E-state index in [4.69, 9.17) is 5.73 Å². The van der Waals surface area contributed by atoms with Crippen LogP contribution in [0.15, 0.2) is 0 Å². The van der Waals surface area contributed by atoms with Crippen LogP contribution < -0.4 is 5.73 Å². The van der Waals surface area contributed by atoms with E-state index in [9.17, 15) is 4.21 Å². The van der Waals surface area contributed by atoms with Gasteiger partial charge in [-0.25, -0.2) is 0 Å². The van der Waals surface area contributed by atoms with Crippen LogP contribution >= 0.6 is 0 Å². The zero-order chi connectivity index (χ0) is 6.85. The standard InChI is InChI=1S/C6H13NOS/c1-9(8)6-3-2-5(7)4-6/h5-6H,2-4,7H2,1H3. The third-order valence-corrected chi connectivity index (χ3v) is 3.26. The molecule has 1 rings (SSSR count). The average molecular weight is 147 g/mol. The fourth-order valence-electron chi connectivity index (χ4n) is 1.27. The van der Waals surface area contributed by atoms with Crippen LogP contribution in [0.4, 0.5) is 0 Å². The molecule has 1 aliphatic carbocycles. The van der Waals surface area contributed by atoms with Crippen LogP contribution in [0.25, 0.3) is 0 Å². The van der Waals surface area contributed by atoms with Crippen molar-refractivity contribution in [2.24, 2.45) is 5.73 Å². The first-order valence-corrected chi connectivity index (χ1v) is 4.90. The van der Waals surface area contributed by atoms with Crippen LogP contribution in [0.5, 0.6) is 0 Å². The van der Waals surface area contributed by atoms with Crippen LogP contribution in [0.1, 0.15) is 19.3 Å². The second-order valence-corrected chi connectivity index (χ2v) is 4.36. The first kappa shape index (κ1) is 7.22. The zero-order valence-electron chi connectivity index (χ0n) is 5.67. The Morgan fingerprint density at radius 1 is 1.56 bits per heavy atom. The topological polar surface area (TPSA) is 43.1 Å². The zero-order valence-corrected chi connectivity index (χ0v) is 6.49. The summed E-state index contributed by atoms with van der Waals surface area (Å²) in [7, 11) is -0.642. The third-order valence-electron chi connectivity index (χ3n) is 1.89. The van der Waals surface area contributed by atoms with Gasteiger partial charge in [0.2, 0.25) is 0 Å². The molecular weight excluding hydrogens is 134 g/mol. The van der Waals surface area contributed by atoms with Gasteiger partial charge in [-0.1, -0.05) is 0 Å². The van der Waals surface area contributed by atoms with Crippen molar-refractivity contribution in [2.75, 3.05) is 6.26 Å². The maximum absolute atomic E-state index is 10.8. The fourth-order valence-corrected chi connectivity index (χ4v) is 2.26. The number of hydrogen-bond acceptors (Lipinski definition) is 2. The van der Waals surface area contributed by atoms with Crippen LogP contribution in [0.2, 0.25) is 0 Å². The lowest BCUT2D eigenvalue weighted by Gasteiger charge is -2.02. The molecule has 0 radical (unpaired) electrons. The minimum absolute atomic E-state index is 0.318. The molecule has 0 aromatic rings. The molecule has 3 heteroatoms. The number of nitrogens with two attached hydrogens (primary N) is 1. The predicted octanol–water partition coefficient (Wildman–Crippen LogP) is 0.245. The summed E-state index contributed by atoms with van der Waals surface area (Å²) in [6, 6.07) is 0.318. The summed E-state index contributed by atoms with van der Waals surface area (Å²) >= 11 is 0. The molecule has 0 aromatic heterocycles. The van der Waals surface area contributed by atoms with E-state index >= 15 is 0 Å². The van der Waals surface area contributed by atoms with Crippen molar-refractivity contribution in [3.8, 4) is 0 Å². The molecule has 54 valence electrons. The monoisotopic (exact) mass is 147 g/mol. The van der Waals surface area contributed by atoms with E-state index in [0.717, 1.165) is 19.3 Å². The smallest absolute Gasteiger partial charge is 0.0360 e. The van der Waals surface area contributed by atoms with Crippen LogP contribution in [0, 0.1) is 0 Å². The van der Waals surface area contributed by atoms with Crippen molar-refractivity contribution >= 4 is 10.8 Å². The maximum atomic E-state index is 10.8. The molecular formula is C6H13NOS. The number of rotatable bonds is 1. The predicted molar refractivity (Wildman–Crippen MR) is 39.7 cm³/mol. The molecule has 9 heavy (non-hydrogen) atoms. The van der Waals surface area contributed by atoms with Crippen molar-refractivity contribution in [1.29, 1.82) is 0 Å². The lowest BCUT2D eigenvalue weighted by Crippen LogP contribution is -2.17. The summed E-state index contributed by atoms with van der Waals surface area (Å²) in [5.41, 5.74) is 5.63. The molecule has 0 spiro atoms. The Bertz CT molecular complexity index is 126. The summed E-state index contributed by atoms with van der Waals surface area (Å²) in [4.78, 5) is 0. The molecule has 0 aliphatic heterocycles. The van der Waals surface area contributed by atoms with Gasteiger partial charge in [-0.3, -0.25) is 4.21 Å². The lowest BCUT2D eigenvalue weighted by atomic mass is 10.3. The summed E-state index contributed by atoms with van der Waals surface area (Å²) in [5, 5.41) is 0.389. The Labute approximate surface area is 58.3 Å². The third kappa shape index (κ3) is 1.76. The van der Waals surface area contributed by atoms with Crippen molar-refractivity contribution in [3.63, 3.8) is 0 Å². The Hall–Kier alpha value is 0.110. The molecule has 1 saturated carbocycles. The van der Waals surface area contributed by atoms with E-state index in [1.807, 2.05) is 0 Å². The fraction of sp³-hybridized carbons (Fsp3) is 1.00. The second-order valence-electron chi connectivity index (χ2n) is 2.69. The highest BCUT2D eigenvalue weighted by atomic mass is 32.2. The Morgan fingerprint density at radius 2 is 2.22 bits per heavy atom. The van der Waals surface area contributed by atoms with Gasteiger partial charge in [-0.05, 0) is 19.3 Å². The molecule has 3 atom stereocenters. The van der Waals surface area contributed by atoms with Crippen molar-refractivity contribution < 1.29 is 4.21 Å². The molecule has 0 amide bonds. The highest BCUT2D eigenvalue weighted by Crippen LogP contribution is 2.20. The van der Waals surface area contributed by atoms with Crippen LogP contribution in [-0.4, -0.2) is 21.8 Å². The Balaban J connectivity index is 2.39. The van der Waals surface area contributed by atoms with E-state index in [2.05, 4.69) is 0 Å². The van der Waals surface area contributed by atoms with Gasteiger partial charge in [-0.15, -0.1) is 0 Å². The maximum Gasteiger partial charge on any atom is 0.0360 e. The highest BCUT2D eigenvalue weighted by Gasteiger charge is 2.23. The average Bonchev–Trinajstić information content (AvgIpc) is 2.14. The minimum atomic E-state index is -0.642. The molecule has 0 saturated heterocycles. The van der Waals surface area contributed by atoms with Gasteiger partial charge >= 0.3 is 0 Å². The van der Waals surface area contributed by atoms with E-state index in [1.165, 1.54) is 0 Å². The van der Waals surface area contributed by atoms with E-state index < -0.39 is 10.8 Å². The molecule has 2 nitrogen and oxygen atoms in total. The normalized spacial score (nSPS) is 38.9. The summed E-state index contributed by atoms with van der Waals surface area (Å²) in [6.07, 6.45) is 4.85. The minimum Gasteiger partial charge on any atom is -0.328 e. The van der Waals surface area contributed by atoms with Gasteiger partial charge in [-0.2, -0.15) is 0 Å². The van der Waals surface area contributed by atoms with Crippen molar-refractivity contribution in [1.82, 2.24) is 0 Å². The van der Waals surface area contributed by atoms with Crippen LogP contribution in [-0.2, 0) is 10.8 Å². The van der Waals surface area contributed by atoms with E-state index in [0.29, 0.717) is 11.3 Å². The lowest BCUT2D eigenvalue weighted by molar-refractivity contribution is 0.668. The molecule has 1 aliphatic rings. The van der Waals surface area contributed by atoms with Gasteiger partial charge in [0.05, 0.1) is 0 Å². The SMILES string of the molecule is CS(=O)C1CCC(N)C1. The quantitative estimate of drug-likeness (QED) is 0.577. The van der Waals surface area contributed by atoms with Gasteiger partial charge in [0.15, 0.2) is 0 Å². The molecule has 2 N–H and O–H groups in total. The van der Waals surface area contributed by atoms with Crippen molar-refractivity contribution in [2.45, 2.75) is 30.6 Å². The van der Waals surface area contributed by atoms with Gasteiger partial charge in [0, 0.05) is 28.3 Å². The Kier molecular flexibility index (Phi) is 2.24. The molecule has 0 aromatic carbocycles. The summed E-state index contributed by atoms with van der Waals surface area (Å²) < 4.78 is 10.8. The first-order valence-electron chi connectivity index (χ1n) is 3.28. The first-order chi connectivity index (χ1) is 4.20. The van der Waals surface area contributed by atoms with Gasteiger partial charge in [0.25, 0.3) is 0 Å². The van der Waals surface area contributed by atoms with E-state index in [-0.39, 0.29) is 0 Å². The van der Waals surface area contributed by atoms with Crippen LogP contribution in [0.3, 0.4) is 0 Å². The van der Waals surface area contributed by atoms with Crippen molar-refractivity contribution in [3.05, 3.63) is 0 Å². The molecule has 0 bridgehead atoms. The van der Waals surface area contributed by atoms with Gasteiger partial charge < -0.3 is 5.73 Å². The largest absolute Gasteiger partial charge is 0.328 e.